The number of benzene rings is 1. The summed E-state index contributed by atoms with van der Waals surface area (Å²) in [4.78, 5) is 12.5. The van der Waals surface area contributed by atoms with Gasteiger partial charge in [0.2, 0.25) is 0 Å². The second kappa shape index (κ2) is 6.97. The van der Waals surface area contributed by atoms with Crippen LogP contribution in [-0.4, -0.2) is 18.5 Å². The lowest BCUT2D eigenvalue weighted by Crippen LogP contribution is -2.37. The molecular formula is C18H28N2O. The van der Waals surface area contributed by atoms with E-state index in [4.69, 9.17) is 0 Å². The largest absolute Gasteiger partial charge is 0.385 e. The minimum Gasteiger partial charge on any atom is -0.385 e. The fourth-order valence-corrected chi connectivity index (χ4v) is 3.11. The highest BCUT2D eigenvalue weighted by atomic mass is 16.1. The number of aryl methyl sites for hydroxylation is 1. The molecule has 0 aromatic heterocycles. The molecule has 0 radical (unpaired) electrons. The zero-order valence-electron chi connectivity index (χ0n) is 13.7. The Hall–Kier alpha value is -1.51. The molecule has 0 saturated heterocycles. The van der Waals surface area contributed by atoms with Crippen LogP contribution in [0, 0.1) is 18.8 Å². The van der Waals surface area contributed by atoms with Gasteiger partial charge in [0, 0.05) is 23.8 Å². The fourth-order valence-electron chi connectivity index (χ4n) is 3.11. The Balaban J connectivity index is 2.02. The number of anilines is 1. The van der Waals surface area contributed by atoms with Crippen molar-refractivity contribution >= 4 is 11.6 Å². The van der Waals surface area contributed by atoms with Crippen molar-refractivity contribution in [2.75, 3.05) is 11.9 Å². The third-order valence-corrected chi connectivity index (χ3v) is 4.83. The summed E-state index contributed by atoms with van der Waals surface area (Å²) in [5, 5.41) is 6.58. The molecule has 116 valence electrons. The third-order valence-electron chi connectivity index (χ3n) is 4.83. The molecule has 1 fully saturated rings. The van der Waals surface area contributed by atoms with E-state index in [-0.39, 0.29) is 5.91 Å². The molecule has 1 aromatic carbocycles. The molecular weight excluding hydrogens is 260 g/mol. The molecule has 0 heterocycles. The van der Waals surface area contributed by atoms with Gasteiger partial charge in [0.25, 0.3) is 5.91 Å². The highest BCUT2D eigenvalue weighted by molar-refractivity contribution is 5.96. The van der Waals surface area contributed by atoms with E-state index in [1.165, 1.54) is 6.42 Å². The van der Waals surface area contributed by atoms with E-state index in [1.807, 2.05) is 19.1 Å². The predicted octanol–water partition coefficient (Wildman–Crippen LogP) is 3.98. The van der Waals surface area contributed by atoms with E-state index in [0.29, 0.717) is 17.9 Å². The number of hydrogen-bond donors (Lipinski definition) is 2. The molecule has 3 nitrogen and oxygen atoms in total. The van der Waals surface area contributed by atoms with Crippen LogP contribution in [0.3, 0.4) is 0 Å². The van der Waals surface area contributed by atoms with Gasteiger partial charge in [-0.05, 0) is 61.8 Å². The van der Waals surface area contributed by atoms with Crippen LogP contribution in [0.1, 0.15) is 56.0 Å². The maximum absolute atomic E-state index is 12.5. The van der Waals surface area contributed by atoms with Gasteiger partial charge in [0.15, 0.2) is 0 Å². The second-order valence-electron chi connectivity index (χ2n) is 6.45. The summed E-state index contributed by atoms with van der Waals surface area (Å²) in [6.07, 6.45) is 3.41. The van der Waals surface area contributed by atoms with Gasteiger partial charge >= 0.3 is 0 Å². The normalized spacial score (nSPS) is 24.9. The average Bonchev–Trinajstić information content (AvgIpc) is 2.77. The minimum absolute atomic E-state index is 0.0699. The molecule has 2 rings (SSSR count). The molecule has 0 spiro atoms. The van der Waals surface area contributed by atoms with Crippen molar-refractivity contribution in [2.24, 2.45) is 11.8 Å². The van der Waals surface area contributed by atoms with Gasteiger partial charge in [-0.3, -0.25) is 4.79 Å². The summed E-state index contributed by atoms with van der Waals surface area (Å²) in [6, 6.07) is 6.32. The third kappa shape index (κ3) is 3.78. The van der Waals surface area contributed by atoms with Crippen LogP contribution in [0.2, 0.25) is 0 Å². The van der Waals surface area contributed by atoms with Gasteiger partial charge in [-0.15, -0.1) is 0 Å². The second-order valence-corrected chi connectivity index (χ2v) is 6.45. The first-order valence-corrected chi connectivity index (χ1v) is 8.18. The van der Waals surface area contributed by atoms with Crippen LogP contribution in [0.5, 0.6) is 0 Å². The summed E-state index contributed by atoms with van der Waals surface area (Å²) in [6.45, 7) is 9.63. The van der Waals surface area contributed by atoms with Crippen LogP contribution in [0.15, 0.2) is 18.2 Å². The van der Waals surface area contributed by atoms with Crippen LogP contribution >= 0.6 is 0 Å². The van der Waals surface area contributed by atoms with Gasteiger partial charge in [0.1, 0.15) is 0 Å². The van der Waals surface area contributed by atoms with Crippen molar-refractivity contribution in [2.45, 2.75) is 53.0 Å². The number of carbonyl (C=O) groups excluding carboxylic acids is 1. The molecule has 3 unspecified atom stereocenters. The van der Waals surface area contributed by atoms with Crippen molar-refractivity contribution in [3.05, 3.63) is 29.3 Å². The first-order chi connectivity index (χ1) is 10.0. The lowest BCUT2D eigenvalue weighted by Gasteiger charge is -2.20. The van der Waals surface area contributed by atoms with Crippen LogP contribution in [0.25, 0.3) is 0 Å². The van der Waals surface area contributed by atoms with Gasteiger partial charge in [-0.25, -0.2) is 0 Å². The molecule has 3 atom stereocenters. The predicted molar refractivity (Wildman–Crippen MR) is 88.8 cm³/mol. The standard InChI is InChI=1S/C18H28N2O/c1-5-10-19-15-7-8-16(13(3)11-15)18(21)20-17-9-6-12(2)14(17)4/h7-8,11-12,14,17,19H,5-6,9-10H2,1-4H3,(H,20,21). The quantitative estimate of drug-likeness (QED) is 0.860. The molecule has 2 N–H and O–H groups in total. The zero-order valence-corrected chi connectivity index (χ0v) is 13.7. The minimum atomic E-state index is 0.0699. The highest BCUT2D eigenvalue weighted by Gasteiger charge is 2.31. The zero-order chi connectivity index (χ0) is 15.4. The Morgan fingerprint density at radius 1 is 1.29 bits per heavy atom. The van der Waals surface area contributed by atoms with E-state index in [1.54, 1.807) is 0 Å². The lowest BCUT2D eigenvalue weighted by atomic mass is 9.97. The van der Waals surface area contributed by atoms with Crippen molar-refractivity contribution in [3.8, 4) is 0 Å². The number of hydrogen-bond acceptors (Lipinski definition) is 2. The molecule has 0 aliphatic heterocycles. The van der Waals surface area contributed by atoms with E-state index >= 15 is 0 Å². The lowest BCUT2D eigenvalue weighted by molar-refractivity contribution is 0.0927. The Bertz CT molecular complexity index is 498. The molecule has 1 aliphatic carbocycles. The molecule has 3 heteroatoms. The Labute approximate surface area is 128 Å². The van der Waals surface area contributed by atoms with Crippen LogP contribution < -0.4 is 10.6 Å². The molecule has 1 amide bonds. The Morgan fingerprint density at radius 3 is 2.62 bits per heavy atom. The smallest absolute Gasteiger partial charge is 0.251 e. The number of carbonyl (C=O) groups is 1. The topological polar surface area (TPSA) is 41.1 Å². The number of rotatable bonds is 5. The van der Waals surface area contributed by atoms with Crippen molar-refractivity contribution in [1.29, 1.82) is 0 Å². The Kier molecular flexibility index (Phi) is 5.27. The van der Waals surface area contributed by atoms with E-state index in [0.717, 1.165) is 36.2 Å². The summed E-state index contributed by atoms with van der Waals surface area (Å²) in [5.74, 6) is 1.34. The fraction of sp³-hybridized carbons (Fsp3) is 0.611. The van der Waals surface area contributed by atoms with Crippen molar-refractivity contribution < 1.29 is 4.79 Å². The van der Waals surface area contributed by atoms with Gasteiger partial charge in [-0.1, -0.05) is 20.8 Å². The van der Waals surface area contributed by atoms with E-state index in [9.17, 15) is 4.79 Å². The van der Waals surface area contributed by atoms with Crippen LogP contribution in [-0.2, 0) is 0 Å². The average molecular weight is 288 g/mol. The van der Waals surface area contributed by atoms with Crippen molar-refractivity contribution in [1.82, 2.24) is 5.32 Å². The SMILES string of the molecule is CCCNc1ccc(C(=O)NC2CCC(C)C2C)c(C)c1. The van der Waals surface area contributed by atoms with Gasteiger partial charge < -0.3 is 10.6 Å². The Morgan fingerprint density at radius 2 is 2.05 bits per heavy atom. The summed E-state index contributed by atoms with van der Waals surface area (Å²) in [5.41, 5.74) is 2.92. The van der Waals surface area contributed by atoms with Gasteiger partial charge in [0.05, 0.1) is 0 Å². The van der Waals surface area contributed by atoms with E-state index < -0.39 is 0 Å². The summed E-state index contributed by atoms with van der Waals surface area (Å²) >= 11 is 0. The van der Waals surface area contributed by atoms with Gasteiger partial charge in [-0.2, -0.15) is 0 Å². The molecule has 1 aromatic rings. The monoisotopic (exact) mass is 288 g/mol. The molecule has 1 aliphatic rings. The molecule has 21 heavy (non-hydrogen) atoms. The maximum Gasteiger partial charge on any atom is 0.251 e. The highest BCUT2D eigenvalue weighted by Crippen LogP contribution is 2.31. The molecule has 0 bridgehead atoms. The number of amides is 1. The maximum atomic E-state index is 12.5. The van der Waals surface area contributed by atoms with E-state index in [2.05, 4.69) is 37.5 Å². The number of nitrogens with one attached hydrogen (secondary N) is 2. The van der Waals surface area contributed by atoms with Crippen molar-refractivity contribution in [3.63, 3.8) is 0 Å². The summed E-state index contributed by atoms with van der Waals surface area (Å²) < 4.78 is 0. The van der Waals surface area contributed by atoms with Crippen LogP contribution in [0.4, 0.5) is 5.69 Å². The molecule has 1 saturated carbocycles. The first-order valence-electron chi connectivity index (χ1n) is 8.18. The first kappa shape index (κ1) is 15.9. The summed E-state index contributed by atoms with van der Waals surface area (Å²) in [7, 11) is 0.